The lowest BCUT2D eigenvalue weighted by Crippen LogP contribution is -2.40. The van der Waals surface area contributed by atoms with Gasteiger partial charge in [-0.1, -0.05) is 0 Å². The summed E-state index contributed by atoms with van der Waals surface area (Å²) in [5.41, 5.74) is 1.36. The summed E-state index contributed by atoms with van der Waals surface area (Å²) in [4.78, 5) is 2.40. The summed E-state index contributed by atoms with van der Waals surface area (Å²) >= 11 is 0. The summed E-state index contributed by atoms with van der Waals surface area (Å²) in [6, 6.07) is 0.666. The standard InChI is InChI=1S/C14H26N4/c1-14(2,3)18-11-12(10-16-18)9-15-13-5-7-17(4)8-6-13/h10-11,13,15H,5-9H2,1-4H3. The van der Waals surface area contributed by atoms with Crippen molar-refractivity contribution in [1.29, 1.82) is 0 Å². The molecule has 0 unspecified atom stereocenters. The summed E-state index contributed by atoms with van der Waals surface area (Å²) in [7, 11) is 2.20. The third-order valence-electron chi connectivity index (χ3n) is 3.64. The summed E-state index contributed by atoms with van der Waals surface area (Å²) in [6.45, 7) is 9.87. The van der Waals surface area contributed by atoms with Crippen molar-refractivity contribution in [3.8, 4) is 0 Å². The van der Waals surface area contributed by atoms with Crippen molar-refractivity contribution in [2.75, 3.05) is 20.1 Å². The van der Waals surface area contributed by atoms with E-state index in [0.717, 1.165) is 6.54 Å². The van der Waals surface area contributed by atoms with Crippen molar-refractivity contribution < 1.29 is 0 Å². The van der Waals surface area contributed by atoms with E-state index >= 15 is 0 Å². The van der Waals surface area contributed by atoms with Crippen LogP contribution in [0.3, 0.4) is 0 Å². The fourth-order valence-electron chi connectivity index (χ4n) is 2.29. The Morgan fingerprint density at radius 2 is 2.00 bits per heavy atom. The van der Waals surface area contributed by atoms with Crippen LogP contribution < -0.4 is 5.32 Å². The predicted molar refractivity (Wildman–Crippen MR) is 74.6 cm³/mol. The third-order valence-corrected chi connectivity index (χ3v) is 3.64. The minimum Gasteiger partial charge on any atom is -0.310 e. The van der Waals surface area contributed by atoms with E-state index in [1.54, 1.807) is 0 Å². The first-order chi connectivity index (χ1) is 8.45. The Morgan fingerprint density at radius 3 is 2.56 bits per heavy atom. The molecule has 2 rings (SSSR count). The zero-order valence-electron chi connectivity index (χ0n) is 12.1. The highest BCUT2D eigenvalue weighted by Crippen LogP contribution is 2.14. The molecule has 1 aliphatic rings. The van der Waals surface area contributed by atoms with Gasteiger partial charge >= 0.3 is 0 Å². The topological polar surface area (TPSA) is 33.1 Å². The Balaban J connectivity index is 1.82. The number of piperidine rings is 1. The molecule has 4 nitrogen and oxygen atoms in total. The molecule has 0 aromatic carbocycles. The molecule has 1 aliphatic heterocycles. The summed E-state index contributed by atoms with van der Waals surface area (Å²) in [5, 5.41) is 8.07. The lowest BCUT2D eigenvalue weighted by atomic mass is 10.1. The zero-order valence-corrected chi connectivity index (χ0v) is 12.1. The molecule has 18 heavy (non-hydrogen) atoms. The Kier molecular flexibility index (Phi) is 4.07. The molecule has 1 aromatic heterocycles. The predicted octanol–water partition coefficient (Wildman–Crippen LogP) is 1.82. The van der Waals surface area contributed by atoms with Crippen LogP contribution in [-0.2, 0) is 12.1 Å². The highest BCUT2D eigenvalue weighted by Gasteiger charge is 2.17. The van der Waals surface area contributed by atoms with Crippen LogP contribution in [-0.4, -0.2) is 40.9 Å². The van der Waals surface area contributed by atoms with E-state index in [1.807, 2.05) is 10.9 Å². The molecule has 0 atom stereocenters. The van der Waals surface area contributed by atoms with Crippen LogP contribution >= 0.6 is 0 Å². The molecule has 0 bridgehead atoms. The summed E-state index contributed by atoms with van der Waals surface area (Å²) < 4.78 is 2.04. The molecule has 0 radical (unpaired) electrons. The van der Waals surface area contributed by atoms with Crippen LogP contribution in [0.4, 0.5) is 0 Å². The molecule has 0 saturated carbocycles. The van der Waals surface area contributed by atoms with Gasteiger partial charge in [0.2, 0.25) is 0 Å². The zero-order chi connectivity index (χ0) is 13.2. The second-order valence-corrected chi connectivity index (χ2v) is 6.42. The Morgan fingerprint density at radius 1 is 1.33 bits per heavy atom. The van der Waals surface area contributed by atoms with Gasteiger partial charge in [0.25, 0.3) is 0 Å². The molecular formula is C14H26N4. The monoisotopic (exact) mass is 250 g/mol. The first-order valence-corrected chi connectivity index (χ1v) is 6.91. The van der Waals surface area contributed by atoms with Crippen molar-refractivity contribution >= 4 is 0 Å². The molecule has 4 heteroatoms. The molecular weight excluding hydrogens is 224 g/mol. The smallest absolute Gasteiger partial charge is 0.0543 e. The van der Waals surface area contributed by atoms with Crippen LogP contribution in [0.25, 0.3) is 0 Å². The highest BCUT2D eigenvalue weighted by molar-refractivity contribution is 5.05. The molecule has 0 aliphatic carbocycles. The molecule has 0 spiro atoms. The van der Waals surface area contributed by atoms with Gasteiger partial charge in [-0.25, -0.2) is 0 Å². The van der Waals surface area contributed by atoms with Crippen LogP contribution in [0.5, 0.6) is 0 Å². The maximum absolute atomic E-state index is 4.43. The van der Waals surface area contributed by atoms with Gasteiger partial charge in [0.15, 0.2) is 0 Å². The molecule has 1 fully saturated rings. The van der Waals surface area contributed by atoms with Crippen LogP contribution in [0.1, 0.15) is 39.2 Å². The van der Waals surface area contributed by atoms with E-state index in [0.29, 0.717) is 6.04 Å². The Labute approximate surface area is 110 Å². The lowest BCUT2D eigenvalue weighted by Gasteiger charge is -2.29. The van der Waals surface area contributed by atoms with Gasteiger partial charge in [0.05, 0.1) is 11.7 Å². The van der Waals surface area contributed by atoms with Gasteiger partial charge in [0, 0.05) is 24.3 Å². The van der Waals surface area contributed by atoms with Crippen molar-refractivity contribution in [3.05, 3.63) is 18.0 Å². The maximum atomic E-state index is 4.43. The number of hydrogen-bond acceptors (Lipinski definition) is 3. The average Bonchev–Trinajstić information content (AvgIpc) is 2.77. The first-order valence-electron chi connectivity index (χ1n) is 6.91. The van der Waals surface area contributed by atoms with Crippen molar-refractivity contribution in [1.82, 2.24) is 20.0 Å². The molecule has 1 aromatic rings. The van der Waals surface area contributed by atoms with Crippen molar-refractivity contribution in [2.45, 2.75) is 51.7 Å². The Bertz CT molecular complexity index is 369. The lowest BCUT2D eigenvalue weighted by molar-refractivity contribution is 0.234. The van der Waals surface area contributed by atoms with Crippen molar-refractivity contribution in [3.63, 3.8) is 0 Å². The minimum atomic E-state index is 0.0752. The number of nitrogens with zero attached hydrogens (tertiary/aromatic N) is 3. The number of nitrogens with one attached hydrogen (secondary N) is 1. The summed E-state index contributed by atoms with van der Waals surface area (Å²) in [5.74, 6) is 0. The van der Waals surface area contributed by atoms with Crippen LogP contribution in [0.15, 0.2) is 12.4 Å². The van der Waals surface area contributed by atoms with E-state index in [4.69, 9.17) is 0 Å². The van der Waals surface area contributed by atoms with E-state index < -0.39 is 0 Å². The molecule has 102 valence electrons. The van der Waals surface area contributed by atoms with Crippen molar-refractivity contribution in [2.24, 2.45) is 0 Å². The molecule has 1 saturated heterocycles. The quantitative estimate of drug-likeness (QED) is 0.888. The van der Waals surface area contributed by atoms with E-state index in [9.17, 15) is 0 Å². The van der Waals surface area contributed by atoms with Crippen LogP contribution in [0, 0.1) is 0 Å². The SMILES string of the molecule is CN1CCC(NCc2cnn(C(C)(C)C)c2)CC1. The molecule has 0 amide bonds. The second kappa shape index (κ2) is 5.41. The Hall–Kier alpha value is -0.870. The fourth-order valence-corrected chi connectivity index (χ4v) is 2.29. The van der Waals surface area contributed by atoms with Gasteiger partial charge in [0.1, 0.15) is 0 Å². The number of aromatic nitrogens is 2. The number of rotatable bonds is 3. The number of hydrogen-bond donors (Lipinski definition) is 1. The fraction of sp³-hybridized carbons (Fsp3) is 0.786. The normalized spacial score (nSPS) is 19.3. The van der Waals surface area contributed by atoms with Gasteiger partial charge in [-0.15, -0.1) is 0 Å². The number of likely N-dealkylation sites (tertiary alicyclic amines) is 1. The third kappa shape index (κ3) is 3.56. The second-order valence-electron chi connectivity index (χ2n) is 6.42. The minimum absolute atomic E-state index is 0.0752. The van der Waals surface area contributed by atoms with E-state index in [2.05, 4.69) is 49.3 Å². The summed E-state index contributed by atoms with van der Waals surface area (Å²) in [6.07, 6.45) is 6.64. The average molecular weight is 250 g/mol. The van der Waals surface area contributed by atoms with Gasteiger partial charge in [-0.3, -0.25) is 4.68 Å². The van der Waals surface area contributed by atoms with E-state index in [-0.39, 0.29) is 5.54 Å². The largest absolute Gasteiger partial charge is 0.310 e. The van der Waals surface area contributed by atoms with Gasteiger partial charge in [-0.2, -0.15) is 5.10 Å². The van der Waals surface area contributed by atoms with Gasteiger partial charge in [-0.05, 0) is 53.8 Å². The molecule has 1 N–H and O–H groups in total. The highest BCUT2D eigenvalue weighted by atomic mass is 15.3. The molecule has 2 heterocycles. The van der Waals surface area contributed by atoms with Gasteiger partial charge < -0.3 is 10.2 Å². The maximum Gasteiger partial charge on any atom is 0.0543 e. The van der Waals surface area contributed by atoms with E-state index in [1.165, 1.54) is 31.5 Å². The first kappa shape index (κ1) is 13.6. The van der Waals surface area contributed by atoms with Crippen LogP contribution in [0.2, 0.25) is 0 Å².